The Morgan fingerprint density at radius 2 is 2.29 bits per heavy atom. The Hall–Kier alpha value is 0.270. The van der Waals surface area contributed by atoms with Crippen molar-refractivity contribution in [3.8, 4) is 0 Å². The fourth-order valence-corrected chi connectivity index (χ4v) is 1.38. The maximum absolute atomic E-state index is 8.67. The highest BCUT2D eigenvalue weighted by molar-refractivity contribution is 7.99. The van der Waals surface area contributed by atoms with Crippen molar-refractivity contribution in [2.24, 2.45) is 0 Å². The molecule has 0 aromatic rings. The minimum absolute atomic E-state index is 0.424. The molecular weight excluding hydrogens is 112 g/mol. The van der Waals surface area contributed by atoms with Gasteiger partial charge in [0, 0.05) is 17.9 Å². The smallest absolute Gasteiger partial charge is 0.175 e. The van der Waals surface area contributed by atoms with E-state index in [1.165, 1.54) is 18.2 Å². The lowest BCUT2D eigenvalue weighted by atomic mass is 10.3. The topological polar surface area (TPSA) is 40.5 Å². The van der Waals surface area contributed by atoms with Gasteiger partial charge in [-0.05, 0) is 0 Å². The van der Waals surface area contributed by atoms with E-state index in [-0.39, 0.29) is 0 Å². The maximum Gasteiger partial charge on any atom is 0.175 e. The van der Waals surface area contributed by atoms with Crippen LogP contribution in [-0.2, 0) is 0 Å². The molecule has 1 aliphatic heterocycles. The van der Waals surface area contributed by atoms with Gasteiger partial charge < -0.3 is 10.2 Å². The van der Waals surface area contributed by atoms with E-state index in [9.17, 15) is 0 Å². The summed E-state index contributed by atoms with van der Waals surface area (Å²) in [5.41, 5.74) is 0. The van der Waals surface area contributed by atoms with Gasteiger partial charge in [0.1, 0.15) is 0 Å². The molecule has 0 saturated carbocycles. The highest BCUT2D eigenvalue weighted by Gasteiger charge is 2.28. The van der Waals surface area contributed by atoms with E-state index in [0.717, 1.165) is 5.75 Å². The van der Waals surface area contributed by atoms with Crippen LogP contribution >= 0.6 is 11.8 Å². The van der Waals surface area contributed by atoms with Crippen LogP contribution in [0.3, 0.4) is 0 Å². The van der Waals surface area contributed by atoms with E-state index in [0.29, 0.717) is 5.75 Å². The lowest BCUT2D eigenvalue weighted by Gasteiger charge is -2.09. The first-order chi connectivity index (χ1) is 3.21. The first-order valence-corrected chi connectivity index (χ1v) is 3.23. The minimum atomic E-state index is -1.47. The van der Waals surface area contributed by atoms with Gasteiger partial charge >= 0.3 is 0 Å². The van der Waals surface area contributed by atoms with Crippen LogP contribution < -0.4 is 0 Å². The third kappa shape index (κ3) is 1.33. The summed E-state index contributed by atoms with van der Waals surface area (Å²) in [5, 5.41) is 17.3. The molecule has 2 nitrogen and oxygen atoms in total. The van der Waals surface area contributed by atoms with E-state index in [4.69, 9.17) is 10.2 Å². The van der Waals surface area contributed by atoms with Gasteiger partial charge in [0.25, 0.3) is 0 Å². The van der Waals surface area contributed by atoms with Gasteiger partial charge in [0.05, 0.1) is 0 Å². The molecule has 7 heavy (non-hydrogen) atoms. The fraction of sp³-hybridized carbons (Fsp3) is 0.750. The first-order valence-electron chi connectivity index (χ1n) is 2.08. The predicted octanol–water partition coefficient (Wildman–Crippen LogP) is -0.382. The number of rotatable bonds is 0. The van der Waals surface area contributed by atoms with E-state index in [1.54, 1.807) is 0 Å². The molecule has 41 valence electrons. The van der Waals surface area contributed by atoms with Crippen molar-refractivity contribution in [3.63, 3.8) is 0 Å². The van der Waals surface area contributed by atoms with Crippen molar-refractivity contribution in [3.05, 3.63) is 6.42 Å². The predicted molar refractivity (Wildman–Crippen MR) is 28.8 cm³/mol. The number of hydrogen-bond acceptors (Lipinski definition) is 3. The summed E-state index contributed by atoms with van der Waals surface area (Å²) in [5.74, 6) is -0.287. The molecule has 0 aliphatic carbocycles. The molecule has 0 atom stereocenters. The molecule has 0 aromatic carbocycles. The largest absolute Gasteiger partial charge is 0.365 e. The summed E-state index contributed by atoms with van der Waals surface area (Å²) < 4.78 is 0. The van der Waals surface area contributed by atoms with E-state index in [1.807, 2.05) is 0 Å². The van der Waals surface area contributed by atoms with Gasteiger partial charge in [-0.1, -0.05) is 0 Å². The molecular formula is C4H7O2S. The van der Waals surface area contributed by atoms with Crippen LogP contribution in [0.4, 0.5) is 0 Å². The Morgan fingerprint density at radius 1 is 1.57 bits per heavy atom. The highest BCUT2D eigenvalue weighted by Crippen LogP contribution is 2.23. The molecule has 1 saturated heterocycles. The summed E-state index contributed by atoms with van der Waals surface area (Å²) >= 11 is 1.53. The van der Waals surface area contributed by atoms with Gasteiger partial charge in [-0.25, -0.2) is 0 Å². The summed E-state index contributed by atoms with van der Waals surface area (Å²) in [4.78, 5) is 0. The molecule has 0 bridgehead atoms. The number of hydrogen-bond donors (Lipinski definition) is 2. The molecule has 0 unspecified atom stereocenters. The SMILES string of the molecule is OC1(O)[CH]CSC1. The fourth-order valence-electron chi connectivity index (χ4n) is 0.460. The normalized spacial score (nSPS) is 28.3. The monoisotopic (exact) mass is 119 g/mol. The maximum atomic E-state index is 8.67. The summed E-state index contributed by atoms with van der Waals surface area (Å²) in [7, 11) is 0. The third-order valence-electron chi connectivity index (χ3n) is 0.843. The molecule has 1 aliphatic rings. The Bertz CT molecular complexity index is 64.1. The number of thioether (sulfide) groups is 1. The van der Waals surface area contributed by atoms with Crippen molar-refractivity contribution < 1.29 is 10.2 Å². The summed E-state index contributed by atoms with van der Waals surface area (Å²) in [6.45, 7) is 0. The van der Waals surface area contributed by atoms with Gasteiger partial charge in [-0.2, -0.15) is 11.8 Å². The van der Waals surface area contributed by atoms with Gasteiger partial charge in [0.2, 0.25) is 0 Å². The van der Waals surface area contributed by atoms with Gasteiger partial charge in [0.15, 0.2) is 5.79 Å². The van der Waals surface area contributed by atoms with E-state index in [2.05, 4.69) is 0 Å². The van der Waals surface area contributed by atoms with E-state index >= 15 is 0 Å². The second-order valence-corrected chi connectivity index (χ2v) is 2.63. The molecule has 1 radical (unpaired) electrons. The van der Waals surface area contributed by atoms with E-state index < -0.39 is 5.79 Å². The molecule has 1 heterocycles. The van der Waals surface area contributed by atoms with Crippen LogP contribution in [0.1, 0.15) is 0 Å². The zero-order valence-corrected chi connectivity index (χ0v) is 4.61. The molecule has 2 N–H and O–H groups in total. The van der Waals surface area contributed by atoms with Crippen molar-refractivity contribution in [2.45, 2.75) is 5.79 Å². The third-order valence-corrected chi connectivity index (χ3v) is 1.87. The quantitative estimate of drug-likeness (QED) is 0.427. The summed E-state index contributed by atoms with van der Waals surface area (Å²) in [6.07, 6.45) is 1.50. The molecule has 0 spiro atoms. The standard InChI is InChI=1S/C4H7O2S/c5-4(6)1-2-7-3-4/h1,5-6H,2-3H2. The average molecular weight is 119 g/mol. The molecule has 0 amide bonds. The molecule has 1 rings (SSSR count). The second kappa shape index (κ2) is 1.65. The van der Waals surface area contributed by atoms with Crippen LogP contribution in [0.5, 0.6) is 0 Å². The Kier molecular flexibility index (Phi) is 1.28. The Morgan fingerprint density at radius 3 is 2.43 bits per heavy atom. The van der Waals surface area contributed by atoms with Crippen molar-refractivity contribution in [2.75, 3.05) is 11.5 Å². The lowest BCUT2D eigenvalue weighted by Crippen LogP contribution is -2.26. The van der Waals surface area contributed by atoms with Crippen LogP contribution in [0.25, 0.3) is 0 Å². The highest BCUT2D eigenvalue weighted by atomic mass is 32.2. The van der Waals surface area contributed by atoms with Crippen LogP contribution in [-0.4, -0.2) is 27.5 Å². The lowest BCUT2D eigenvalue weighted by molar-refractivity contribution is -0.106. The molecule has 3 heteroatoms. The average Bonchev–Trinajstić information content (AvgIpc) is 1.84. The van der Waals surface area contributed by atoms with Crippen LogP contribution in [0.15, 0.2) is 0 Å². The zero-order chi connectivity index (χ0) is 5.33. The van der Waals surface area contributed by atoms with Crippen molar-refractivity contribution in [1.82, 2.24) is 0 Å². The van der Waals surface area contributed by atoms with Gasteiger partial charge in [-0.15, -0.1) is 0 Å². The first kappa shape index (κ1) is 5.41. The number of aliphatic hydroxyl groups is 2. The summed E-state index contributed by atoms with van der Waals surface area (Å²) in [6, 6.07) is 0. The second-order valence-electron chi connectivity index (χ2n) is 1.60. The van der Waals surface area contributed by atoms with Crippen LogP contribution in [0, 0.1) is 6.42 Å². The van der Waals surface area contributed by atoms with Crippen molar-refractivity contribution in [1.29, 1.82) is 0 Å². The molecule has 0 aromatic heterocycles. The van der Waals surface area contributed by atoms with Gasteiger partial charge in [-0.3, -0.25) is 0 Å². The van der Waals surface area contributed by atoms with Crippen LogP contribution in [0.2, 0.25) is 0 Å². The van der Waals surface area contributed by atoms with Crippen molar-refractivity contribution >= 4 is 11.8 Å². The molecule has 1 fully saturated rings. The Balaban J connectivity index is 2.40. The minimum Gasteiger partial charge on any atom is -0.365 e. The Labute approximate surface area is 46.5 Å². The zero-order valence-electron chi connectivity index (χ0n) is 3.79.